The molecular formula is C29H37Cl2N5O3S. The lowest BCUT2D eigenvalue weighted by molar-refractivity contribution is -0.124. The van der Waals surface area contributed by atoms with E-state index in [4.69, 9.17) is 40.2 Å². The Morgan fingerprint density at radius 3 is 2.35 bits per heavy atom. The first-order valence-corrected chi connectivity index (χ1v) is 15.0. The Balaban J connectivity index is 1.44. The van der Waals surface area contributed by atoms with Crippen LogP contribution >= 0.6 is 35.4 Å². The van der Waals surface area contributed by atoms with Crippen LogP contribution < -0.4 is 15.0 Å². The average Bonchev–Trinajstić information content (AvgIpc) is 3.18. The number of nitrogens with one attached hydrogen (secondary N) is 1. The van der Waals surface area contributed by atoms with E-state index in [0.29, 0.717) is 39.7 Å². The summed E-state index contributed by atoms with van der Waals surface area (Å²) in [6.45, 7) is 11.6. The topological polar surface area (TPSA) is 68.4 Å². The molecule has 1 N–H and O–H groups in total. The highest BCUT2D eigenvalue weighted by atomic mass is 35.5. The minimum atomic E-state index is -0.717. The van der Waals surface area contributed by atoms with Crippen molar-refractivity contribution in [3.8, 4) is 5.75 Å². The van der Waals surface area contributed by atoms with Gasteiger partial charge in [-0.15, -0.1) is 0 Å². The molecule has 2 saturated heterocycles. The molecule has 2 fully saturated rings. The molecule has 2 heterocycles. The van der Waals surface area contributed by atoms with Gasteiger partial charge in [-0.05, 0) is 80.6 Å². The van der Waals surface area contributed by atoms with Crippen molar-refractivity contribution in [3.05, 3.63) is 52.5 Å². The first-order chi connectivity index (χ1) is 19.3. The molecule has 0 aliphatic carbocycles. The van der Waals surface area contributed by atoms with Crippen molar-refractivity contribution in [2.75, 3.05) is 62.6 Å². The van der Waals surface area contributed by atoms with Crippen LogP contribution in [-0.4, -0.2) is 90.1 Å². The van der Waals surface area contributed by atoms with Crippen molar-refractivity contribution >= 4 is 63.7 Å². The molecule has 0 saturated carbocycles. The Morgan fingerprint density at radius 1 is 1.00 bits per heavy atom. The van der Waals surface area contributed by atoms with Crippen molar-refractivity contribution in [1.29, 1.82) is 0 Å². The van der Waals surface area contributed by atoms with E-state index < -0.39 is 6.04 Å². The molecule has 4 rings (SSSR count). The lowest BCUT2D eigenvalue weighted by atomic mass is 10.1. The zero-order chi connectivity index (χ0) is 28.6. The van der Waals surface area contributed by atoms with Crippen LogP contribution in [0.4, 0.5) is 11.4 Å². The smallest absolute Gasteiger partial charge is 0.256 e. The SMILES string of the molecule is CCCOc1ccc(NC(=O)C[C@@H]2C(=O)N(c3ccc(Cl)c(Cl)c3)C(=S)N2CCCN2CCN(CC)CC2)cc1. The van der Waals surface area contributed by atoms with Gasteiger partial charge in [0.2, 0.25) is 5.91 Å². The number of anilines is 2. The number of amides is 2. The maximum absolute atomic E-state index is 13.7. The molecule has 0 bridgehead atoms. The monoisotopic (exact) mass is 605 g/mol. The second-order valence-corrected chi connectivity index (χ2v) is 11.2. The molecule has 40 heavy (non-hydrogen) atoms. The van der Waals surface area contributed by atoms with E-state index in [0.717, 1.165) is 57.9 Å². The Bertz CT molecular complexity index is 1190. The van der Waals surface area contributed by atoms with Crippen molar-refractivity contribution in [3.63, 3.8) is 0 Å². The summed E-state index contributed by atoms with van der Waals surface area (Å²) in [6.07, 6.45) is 1.72. The first-order valence-electron chi connectivity index (χ1n) is 13.9. The van der Waals surface area contributed by atoms with Crippen molar-refractivity contribution < 1.29 is 14.3 Å². The molecule has 2 aliphatic heterocycles. The van der Waals surface area contributed by atoms with Gasteiger partial charge >= 0.3 is 0 Å². The first kappa shape index (κ1) is 30.5. The largest absolute Gasteiger partial charge is 0.494 e. The van der Waals surface area contributed by atoms with E-state index in [1.807, 2.05) is 24.0 Å². The number of carbonyl (C=O) groups is 2. The highest BCUT2D eigenvalue weighted by Crippen LogP contribution is 2.32. The minimum Gasteiger partial charge on any atom is -0.494 e. The van der Waals surface area contributed by atoms with Crippen LogP contribution in [0.5, 0.6) is 5.75 Å². The van der Waals surface area contributed by atoms with Crippen LogP contribution in [0.15, 0.2) is 42.5 Å². The van der Waals surface area contributed by atoms with E-state index in [1.165, 1.54) is 4.90 Å². The fourth-order valence-corrected chi connectivity index (χ4v) is 5.69. The summed E-state index contributed by atoms with van der Waals surface area (Å²) in [4.78, 5) is 35.0. The number of benzene rings is 2. The molecule has 11 heteroatoms. The fraction of sp³-hybridized carbons (Fsp3) is 0.483. The number of hydrogen-bond donors (Lipinski definition) is 1. The summed E-state index contributed by atoms with van der Waals surface area (Å²) < 4.78 is 5.62. The minimum absolute atomic E-state index is 0.0277. The van der Waals surface area contributed by atoms with Gasteiger partial charge in [0, 0.05) is 38.4 Å². The van der Waals surface area contributed by atoms with E-state index in [9.17, 15) is 9.59 Å². The molecule has 0 aromatic heterocycles. The van der Waals surface area contributed by atoms with E-state index in [2.05, 4.69) is 22.0 Å². The Hall–Kier alpha value is -2.43. The molecule has 0 unspecified atom stereocenters. The number of likely N-dealkylation sites (N-methyl/N-ethyl adjacent to an activating group) is 1. The van der Waals surface area contributed by atoms with E-state index in [1.54, 1.807) is 30.3 Å². The number of carbonyl (C=O) groups excluding carboxylic acids is 2. The van der Waals surface area contributed by atoms with Crippen molar-refractivity contribution in [2.45, 2.75) is 39.2 Å². The Morgan fingerprint density at radius 2 is 1.70 bits per heavy atom. The number of rotatable bonds is 12. The van der Waals surface area contributed by atoms with Gasteiger partial charge < -0.3 is 24.8 Å². The Labute approximate surface area is 252 Å². The van der Waals surface area contributed by atoms with Crippen LogP contribution in [0, 0.1) is 0 Å². The predicted molar refractivity (Wildman–Crippen MR) is 166 cm³/mol. The molecule has 2 aromatic rings. The summed E-state index contributed by atoms with van der Waals surface area (Å²) >= 11 is 18.2. The number of nitrogens with zero attached hydrogens (tertiary/aromatic N) is 4. The highest BCUT2D eigenvalue weighted by molar-refractivity contribution is 7.80. The quantitative estimate of drug-likeness (QED) is 0.336. The number of thiocarbonyl (C=S) groups is 1. The van der Waals surface area contributed by atoms with Gasteiger partial charge in [-0.1, -0.05) is 37.0 Å². The maximum Gasteiger partial charge on any atom is 0.256 e. The molecule has 0 radical (unpaired) electrons. The van der Waals surface area contributed by atoms with Crippen LogP contribution in [0.25, 0.3) is 0 Å². The summed E-state index contributed by atoms with van der Waals surface area (Å²) in [5.74, 6) is 0.231. The molecule has 2 aromatic carbocycles. The van der Waals surface area contributed by atoms with Crippen LogP contribution in [0.3, 0.4) is 0 Å². The standard InChI is InChI=1S/C29H37Cl2N5O3S/c1-3-18-39-23-9-6-21(7-10-23)32-27(37)20-26-28(38)36(22-8-11-24(30)25(31)19-22)29(40)35(26)13-5-12-34-16-14-33(4-2)15-17-34/h6-11,19,26H,3-5,12-18,20H2,1-2H3,(H,32,37)/t26-/m1/s1. The van der Waals surface area contributed by atoms with Gasteiger partial charge in [-0.2, -0.15) is 0 Å². The molecular weight excluding hydrogens is 569 g/mol. The number of halogens is 2. The second-order valence-electron chi connectivity index (χ2n) is 10.0. The van der Waals surface area contributed by atoms with Crippen LogP contribution in [0.2, 0.25) is 10.0 Å². The number of piperazine rings is 1. The van der Waals surface area contributed by atoms with Crippen LogP contribution in [-0.2, 0) is 9.59 Å². The summed E-state index contributed by atoms with van der Waals surface area (Å²) in [5.41, 5.74) is 1.18. The third-order valence-electron chi connectivity index (χ3n) is 7.26. The molecule has 2 amide bonds. The van der Waals surface area contributed by atoms with Gasteiger partial charge in [-0.25, -0.2) is 0 Å². The Kier molecular flexibility index (Phi) is 11.0. The fourth-order valence-electron chi connectivity index (χ4n) is 4.98. The highest BCUT2D eigenvalue weighted by Gasteiger charge is 2.44. The normalized spacial score (nSPS) is 18.4. The third-order valence-corrected chi connectivity index (χ3v) is 8.41. The van der Waals surface area contributed by atoms with Crippen molar-refractivity contribution in [1.82, 2.24) is 14.7 Å². The van der Waals surface area contributed by atoms with Gasteiger partial charge in [0.1, 0.15) is 11.8 Å². The van der Waals surface area contributed by atoms with Gasteiger partial charge in [0.15, 0.2) is 5.11 Å². The predicted octanol–water partition coefficient (Wildman–Crippen LogP) is 5.14. The zero-order valence-corrected chi connectivity index (χ0v) is 25.4. The molecule has 0 spiro atoms. The van der Waals surface area contributed by atoms with Crippen molar-refractivity contribution in [2.24, 2.45) is 0 Å². The van der Waals surface area contributed by atoms with Gasteiger partial charge in [0.05, 0.1) is 28.8 Å². The lowest BCUT2D eigenvalue weighted by Crippen LogP contribution is -2.47. The molecule has 216 valence electrons. The molecule has 8 nitrogen and oxygen atoms in total. The van der Waals surface area contributed by atoms with Crippen LogP contribution in [0.1, 0.15) is 33.1 Å². The number of hydrogen-bond acceptors (Lipinski definition) is 6. The summed E-state index contributed by atoms with van der Waals surface area (Å²) in [7, 11) is 0. The van der Waals surface area contributed by atoms with E-state index >= 15 is 0 Å². The second kappa shape index (κ2) is 14.5. The maximum atomic E-state index is 13.7. The van der Waals surface area contributed by atoms with E-state index in [-0.39, 0.29) is 18.2 Å². The summed E-state index contributed by atoms with van der Waals surface area (Å²) in [6, 6.07) is 11.5. The molecule has 2 aliphatic rings. The third kappa shape index (κ3) is 7.64. The number of ether oxygens (including phenoxy) is 1. The zero-order valence-electron chi connectivity index (χ0n) is 23.1. The van der Waals surface area contributed by atoms with Gasteiger partial charge in [-0.3, -0.25) is 14.5 Å². The lowest BCUT2D eigenvalue weighted by Gasteiger charge is -2.34. The molecule has 1 atom stereocenters. The van der Waals surface area contributed by atoms with Gasteiger partial charge in [0.25, 0.3) is 5.91 Å². The summed E-state index contributed by atoms with van der Waals surface area (Å²) in [5, 5.41) is 4.01. The average molecular weight is 607 g/mol.